The summed E-state index contributed by atoms with van der Waals surface area (Å²) >= 11 is 0. The Morgan fingerprint density at radius 1 is 1.45 bits per heavy atom. The molecule has 0 saturated heterocycles. The van der Waals surface area contributed by atoms with Gasteiger partial charge in [-0.05, 0) is 18.9 Å². The molecule has 0 spiro atoms. The molecule has 6 heteroatoms. The van der Waals surface area contributed by atoms with Crippen molar-refractivity contribution in [1.29, 1.82) is 0 Å². The minimum absolute atomic E-state index is 0.295. The van der Waals surface area contributed by atoms with Gasteiger partial charge >= 0.3 is 5.97 Å². The number of hydrogen-bond acceptors (Lipinski definition) is 5. The molecule has 1 unspecified atom stereocenters. The van der Waals surface area contributed by atoms with Gasteiger partial charge in [0.2, 0.25) is 0 Å². The van der Waals surface area contributed by atoms with E-state index in [1.165, 1.54) is 26.4 Å². The summed E-state index contributed by atoms with van der Waals surface area (Å²) in [5.74, 6) is 0.111. The molecule has 0 radical (unpaired) electrons. The number of unbranched alkanes of at least 4 members (excludes halogenated alkanes) is 1. The van der Waals surface area contributed by atoms with Crippen molar-refractivity contribution in [3.63, 3.8) is 0 Å². The molecule has 0 saturated carbocycles. The Morgan fingerprint density at radius 2 is 2.20 bits per heavy atom. The fourth-order valence-corrected chi connectivity index (χ4v) is 2.28. The van der Waals surface area contributed by atoms with Gasteiger partial charge in [-0.25, -0.2) is 9.48 Å². The fourth-order valence-electron chi connectivity index (χ4n) is 2.28. The molecule has 1 aromatic heterocycles. The summed E-state index contributed by atoms with van der Waals surface area (Å²) in [6.45, 7) is 5.62. The number of aromatic nitrogens is 3. The van der Waals surface area contributed by atoms with E-state index in [-0.39, 0.29) is 0 Å². The largest absolute Gasteiger partial charge is 0.464 e. The number of carbonyl (C=O) groups is 1. The van der Waals surface area contributed by atoms with E-state index < -0.39 is 5.97 Å². The van der Waals surface area contributed by atoms with E-state index in [1.54, 1.807) is 0 Å². The molecule has 0 bridgehead atoms. The Bertz CT molecular complexity index is 417. The van der Waals surface area contributed by atoms with Crippen LogP contribution in [0.3, 0.4) is 0 Å². The van der Waals surface area contributed by atoms with Gasteiger partial charge in [0.05, 0.1) is 12.8 Å². The number of rotatable bonds is 9. The number of methoxy groups -OCH3 is 1. The molecule has 2 N–H and O–H groups in total. The van der Waals surface area contributed by atoms with Crippen molar-refractivity contribution >= 4 is 5.97 Å². The summed E-state index contributed by atoms with van der Waals surface area (Å²) in [6, 6.07) is 0. The first-order valence-corrected chi connectivity index (χ1v) is 7.38. The average molecular weight is 282 g/mol. The smallest absolute Gasteiger partial charge is 0.360 e. The predicted molar refractivity (Wildman–Crippen MR) is 77.4 cm³/mol. The molecule has 0 aliphatic carbocycles. The highest BCUT2D eigenvalue weighted by Gasteiger charge is 2.21. The van der Waals surface area contributed by atoms with Crippen LogP contribution in [0.4, 0.5) is 0 Å². The second-order valence-electron chi connectivity index (χ2n) is 5.01. The van der Waals surface area contributed by atoms with Crippen molar-refractivity contribution in [2.75, 3.05) is 13.7 Å². The highest BCUT2D eigenvalue weighted by Crippen LogP contribution is 2.17. The van der Waals surface area contributed by atoms with E-state index in [0.29, 0.717) is 24.6 Å². The number of nitrogens with zero attached hydrogens (tertiary/aromatic N) is 3. The first kappa shape index (κ1) is 16.6. The van der Waals surface area contributed by atoms with Gasteiger partial charge in [0, 0.05) is 13.0 Å². The summed E-state index contributed by atoms with van der Waals surface area (Å²) in [5.41, 5.74) is 6.70. The van der Waals surface area contributed by atoms with Crippen molar-refractivity contribution in [2.24, 2.45) is 11.7 Å². The summed E-state index contributed by atoms with van der Waals surface area (Å²) in [4.78, 5) is 11.7. The topological polar surface area (TPSA) is 83.0 Å². The summed E-state index contributed by atoms with van der Waals surface area (Å²) in [7, 11) is 1.35. The Labute approximate surface area is 120 Å². The minimum Gasteiger partial charge on any atom is -0.464 e. The molecule has 1 rings (SSSR count). The van der Waals surface area contributed by atoms with Crippen molar-refractivity contribution < 1.29 is 9.53 Å². The molecule has 0 fully saturated rings. The highest BCUT2D eigenvalue weighted by atomic mass is 16.5. The number of carbonyl (C=O) groups excluding carboxylic acids is 1. The van der Waals surface area contributed by atoms with Crippen molar-refractivity contribution in [2.45, 2.75) is 52.5 Å². The second kappa shape index (κ2) is 8.68. The van der Waals surface area contributed by atoms with Gasteiger partial charge in [-0.2, -0.15) is 0 Å². The average Bonchev–Trinajstić information content (AvgIpc) is 2.85. The third kappa shape index (κ3) is 4.30. The van der Waals surface area contributed by atoms with Gasteiger partial charge in [0.15, 0.2) is 5.69 Å². The highest BCUT2D eigenvalue weighted by molar-refractivity contribution is 5.88. The number of esters is 1. The Kier molecular flexibility index (Phi) is 7.22. The van der Waals surface area contributed by atoms with Crippen LogP contribution in [0, 0.1) is 5.92 Å². The SMILES string of the molecule is CCCCC(CC)Cn1nnc(C(=O)OC)c1CCN. The van der Waals surface area contributed by atoms with Crippen molar-refractivity contribution in [3.8, 4) is 0 Å². The zero-order chi connectivity index (χ0) is 15.0. The lowest BCUT2D eigenvalue weighted by molar-refractivity contribution is 0.0592. The molecule has 114 valence electrons. The molecule has 6 nitrogen and oxygen atoms in total. The molecule has 1 heterocycles. The van der Waals surface area contributed by atoms with Crippen LogP contribution in [-0.2, 0) is 17.7 Å². The standard InChI is InChI=1S/C14H26N4O2/c1-4-6-7-11(5-2)10-18-12(8-9-15)13(16-17-18)14(19)20-3/h11H,4-10,15H2,1-3H3. The van der Waals surface area contributed by atoms with E-state index >= 15 is 0 Å². The van der Waals surface area contributed by atoms with Crippen LogP contribution >= 0.6 is 0 Å². The lowest BCUT2D eigenvalue weighted by Gasteiger charge is -2.15. The first-order chi connectivity index (χ1) is 9.67. The zero-order valence-corrected chi connectivity index (χ0v) is 12.8. The van der Waals surface area contributed by atoms with E-state index in [9.17, 15) is 4.79 Å². The third-order valence-electron chi connectivity index (χ3n) is 3.57. The van der Waals surface area contributed by atoms with Gasteiger partial charge in [0.25, 0.3) is 0 Å². The number of ether oxygens (including phenoxy) is 1. The van der Waals surface area contributed by atoms with Gasteiger partial charge in [-0.3, -0.25) is 0 Å². The van der Waals surface area contributed by atoms with E-state index in [1.807, 2.05) is 4.68 Å². The lowest BCUT2D eigenvalue weighted by atomic mass is 9.99. The van der Waals surface area contributed by atoms with Gasteiger partial charge < -0.3 is 10.5 Å². The monoisotopic (exact) mass is 282 g/mol. The Hall–Kier alpha value is -1.43. The second-order valence-corrected chi connectivity index (χ2v) is 5.01. The Balaban J connectivity index is 2.87. The predicted octanol–water partition coefficient (Wildman–Crippen LogP) is 1.78. The number of nitrogens with two attached hydrogens (primary N) is 1. The van der Waals surface area contributed by atoms with Crippen LogP contribution in [0.1, 0.15) is 55.7 Å². The van der Waals surface area contributed by atoms with E-state index in [4.69, 9.17) is 10.5 Å². The number of hydrogen-bond donors (Lipinski definition) is 1. The van der Waals surface area contributed by atoms with E-state index in [0.717, 1.165) is 18.7 Å². The summed E-state index contributed by atoms with van der Waals surface area (Å²) in [6.07, 6.45) is 5.25. The summed E-state index contributed by atoms with van der Waals surface area (Å²) < 4.78 is 6.56. The van der Waals surface area contributed by atoms with Crippen molar-refractivity contribution in [3.05, 3.63) is 11.4 Å². The maximum atomic E-state index is 11.7. The molecule has 1 aromatic rings. The molecule has 0 aliphatic rings. The maximum absolute atomic E-state index is 11.7. The van der Waals surface area contributed by atoms with Gasteiger partial charge in [-0.15, -0.1) is 5.10 Å². The third-order valence-corrected chi connectivity index (χ3v) is 3.57. The molecule has 1 atom stereocenters. The zero-order valence-electron chi connectivity index (χ0n) is 12.8. The summed E-state index contributed by atoms with van der Waals surface area (Å²) in [5, 5.41) is 8.07. The molecule has 0 aromatic carbocycles. The van der Waals surface area contributed by atoms with Crippen LogP contribution in [0.2, 0.25) is 0 Å². The molecular weight excluding hydrogens is 256 g/mol. The van der Waals surface area contributed by atoms with Gasteiger partial charge in [-0.1, -0.05) is 38.3 Å². The minimum atomic E-state index is -0.443. The molecular formula is C14H26N4O2. The van der Waals surface area contributed by atoms with Crippen LogP contribution in [0.15, 0.2) is 0 Å². The van der Waals surface area contributed by atoms with Crippen LogP contribution in [0.25, 0.3) is 0 Å². The van der Waals surface area contributed by atoms with Crippen LogP contribution < -0.4 is 5.73 Å². The molecule has 0 aliphatic heterocycles. The van der Waals surface area contributed by atoms with Crippen molar-refractivity contribution in [1.82, 2.24) is 15.0 Å². The quantitative estimate of drug-likeness (QED) is 0.698. The van der Waals surface area contributed by atoms with Crippen LogP contribution in [0.5, 0.6) is 0 Å². The maximum Gasteiger partial charge on any atom is 0.360 e. The van der Waals surface area contributed by atoms with Crippen LogP contribution in [-0.4, -0.2) is 34.6 Å². The first-order valence-electron chi connectivity index (χ1n) is 7.38. The normalized spacial score (nSPS) is 12.4. The fraction of sp³-hybridized carbons (Fsp3) is 0.786. The van der Waals surface area contributed by atoms with E-state index in [2.05, 4.69) is 24.2 Å². The lowest BCUT2D eigenvalue weighted by Crippen LogP contribution is -2.18. The molecule has 0 amide bonds. The Morgan fingerprint density at radius 3 is 2.75 bits per heavy atom. The van der Waals surface area contributed by atoms with Gasteiger partial charge in [0.1, 0.15) is 0 Å². The molecule has 20 heavy (non-hydrogen) atoms.